The molecule has 3 rings (SSSR count). The van der Waals surface area contributed by atoms with Gasteiger partial charge >= 0.3 is 0 Å². The summed E-state index contributed by atoms with van der Waals surface area (Å²) in [7, 11) is 0. The number of nitrogens with one attached hydrogen (secondary N) is 1. The van der Waals surface area contributed by atoms with Gasteiger partial charge in [0.25, 0.3) is 0 Å². The average Bonchev–Trinajstić information content (AvgIpc) is 2.94. The van der Waals surface area contributed by atoms with Crippen LogP contribution in [0.5, 0.6) is 0 Å². The first kappa shape index (κ1) is 17.0. The van der Waals surface area contributed by atoms with Gasteiger partial charge in [0.05, 0.1) is 5.75 Å². The van der Waals surface area contributed by atoms with Gasteiger partial charge in [-0.1, -0.05) is 42.1 Å². The number of benzene rings is 2. The number of aryl methyl sites for hydroxylation is 1. The molecule has 1 aromatic heterocycles. The highest BCUT2D eigenvalue weighted by molar-refractivity contribution is 7.99. The van der Waals surface area contributed by atoms with Crippen molar-refractivity contribution in [1.29, 1.82) is 0 Å². The number of nitrogen functional groups attached to an aromatic ring is 1. The van der Waals surface area contributed by atoms with E-state index in [1.165, 1.54) is 22.9 Å². The monoisotopic (exact) mass is 357 g/mol. The van der Waals surface area contributed by atoms with Crippen LogP contribution < -0.4 is 11.2 Å². The first-order valence-corrected chi connectivity index (χ1v) is 8.48. The maximum atomic E-state index is 13.1. The van der Waals surface area contributed by atoms with Gasteiger partial charge in [0.15, 0.2) is 5.82 Å². The summed E-state index contributed by atoms with van der Waals surface area (Å²) in [5, 5.41) is 11.2. The number of nitrogens with zero attached hydrogens (tertiary/aromatic N) is 3. The zero-order chi connectivity index (χ0) is 17.8. The minimum absolute atomic E-state index is 0.0830. The van der Waals surface area contributed by atoms with Crippen molar-refractivity contribution in [2.45, 2.75) is 12.1 Å². The summed E-state index contributed by atoms with van der Waals surface area (Å²) in [6.45, 7) is 1.96. The number of rotatable bonds is 5. The second kappa shape index (κ2) is 7.35. The molecule has 0 aliphatic heterocycles. The number of carbonyl (C=O) groups is 1. The van der Waals surface area contributed by atoms with Crippen molar-refractivity contribution in [2.24, 2.45) is 0 Å². The van der Waals surface area contributed by atoms with Gasteiger partial charge in [-0.05, 0) is 30.7 Å². The topological polar surface area (TPSA) is 85.8 Å². The number of hydrogen-bond acceptors (Lipinski definition) is 5. The Labute approximate surface area is 148 Å². The van der Waals surface area contributed by atoms with E-state index >= 15 is 0 Å². The largest absolute Gasteiger partial charge is 0.335 e. The lowest BCUT2D eigenvalue weighted by atomic mass is 10.1. The number of halogens is 1. The Kier molecular flexibility index (Phi) is 4.99. The standard InChI is InChI=1S/C17H16FN5OS/c1-11-5-2-3-8-14(11)16-21-22-17(23(16)19)25-10-15(24)20-13-7-4-6-12(18)9-13/h2-9H,10,19H2,1H3,(H,20,24). The molecule has 0 bridgehead atoms. The van der Waals surface area contributed by atoms with Crippen LogP contribution in [0.15, 0.2) is 53.7 Å². The summed E-state index contributed by atoms with van der Waals surface area (Å²) in [4.78, 5) is 12.0. The predicted molar refractivity (Wildman–Crippen MR) is 96.1 cm³/mol. The van der Waals surface area contributed by atoms with Crippen LogP contribution in [0.2, 0.25) is 0 Å². The van der Waals surface area contributed by atoms with Crippen LogP contribution in [-0.4, -0.2) is 26.5 Å². The molecule has 2 aromatic carbocycles. The highest BCUT2D eigenvalue weighted by atomic mass is 32.2. The van der Waals surface area contributed by atoms with E-state index < -0.39 is 5.82 Å². The van der Waals surface area contributed by atoms with Crippen LogP contribution in [-0.2, 0) is 4.79 Å². The molecule has 25 heavy (non-hydrogen) atoms. The van der Waals surface area contributed by atoms with Crippen LogP contribution in [0.1, 0.15) is 5.56 Å². The zero-order valence-corrected chi connectivity index (χ0v) is 14.3. The van der Waals surface area contributed by atoms with Crippen LogP contribution in [0.25, 0.3) is 11.4 Å². The van der Waals surface area contributed by atoms with Crippen molar-refractivity contribution < 1.29 is 9.18 Å². The van der Waals surface area contributed by atoms with E-state index in [0.29, 0.717) is 16.7 Å². The van der Waals surface area contributed by atoms with E-state index in [-0.39, 0.29) is 11.7 Å². The third-order valence-corrected chi connectivity index (χ3v) is 4.43. The Balaban J connectivity index is 1.66. The molecule has 0 aliphatic carbocycles. The molecule has 6 nitrogen and oxygen atoms in total. The number of aromatic nitrogens is 3. The first-order chi connectivity index (χ1) is 12.0. The Hall–Kier alpha value is -2.87. The zero-order valence-electron chi connectivity index (χ0n) is 13.4. The number of thioether (sulfide) groups is 1. The SMILES string of the molecule is Cc1ccccc1-c1nnc(SCC(=O)Nc2cccc(F)c2)n1N. The van der Waals surface area contributed by atoms with Gasteiger partial charge in [-0.2, -0.15) is 0 Å². The molecule has 3 aromatic rings. The Morgan fingerprint density at radius 3 is 2.80 bits per heavy atom. The summed E-state index contributed by atoms with van der Waals surface area (Å²) < 4.78 is 14.5. The smallest absolute Gasteiger partial charge is 0.234 e. The molecular weight excluding hydrogens is 341 g/mol. The van der Waals surface area contributed by atoms with Gasteiger partial charge in [0.2, 0.25) is 11.1 Å². The maximum Gasteiger partial charge on any atom is 0.234 e. The maximum absolute atomic E-state index is 13.1. The van der Waals surface area contributed by atoms with Crippen molar-refractivity contribution in [2.75, 3.05) is 16.9 Å². The van der Waals surface area contributed by atoms with Gasteiger partial charge in [-0.25, -0.2) is 9.07 Å². The minimum Gasteiger partial charge on any atom is -0.335 e. The second-order valence-corrected chi connectivity index (χ2v) is 6.28. The molecule has 0 saturated carbocycles. The van der Waals surface area contributed by atoms with Crippen molar-refractivity contribution in [3.8, 4) is 11.4 Å². The third kappa shape index (κ3) is 3.97. The molecular formula is C17H16FN5OS. The van der Waals surface area contributed by atoms with Gasteiger partial charge in [-0.3, -0.25) is 4.79 Å². The van der Waals surface area contributed by atoms with Crippen LogP contribution in [0.3, 0.4) is 0 Å². The van der Waals surface area contributed by atoms with Gasteiger partial charge in [-0.15, -0.1) is 10.2 Å². The van der Waals surface area contributed by atoms with Crippen molar-refractivity contribution >= 4 is 23.4 Å². The molecule has 128 valence electrons. The van der Waals surface area contributed by atoms with Crippen molar-refractivity contribution in [1.82, 2.24) is 14.9 Å². The van der Waals surface area contributed by atoms with Gasteiger partial charge in [0, 0.05) is 11.3 Å². The van der Waals surface area contributed by atoms with Crippen LogP contribution >= 0.6 is 11.8 Å². The molecule has 1 amide bonds. The molecule has 0 fully saturated rings. The summed E-state index contributed by atoms with van der Waals surface area (Å²) in [6, 6.07) is 13.4. The number of amides is 1. The lowest BCUT2D eigenvalue weighted by Crippen LogP contribution is -2.16. The van der Waals surface area contributed by atoms with E-state index in [2.05, 4.69) is 15.5 Å². The number of nitrogens with two attached hydrogens (primary N) is 1. The lowest BCUT2D eigenvalue weighted by molar-refractivity contribution is -0.113. The van der Waals surface area contributed by atoms with Gasteiger partial charge in [0.1, 0.15) is 5.82 Å². The molecule has 0 spiro atoms. The molecule has 0 saturated heterocycles. The van der Waals surface area contributed by atoms with Crippen molar-refractivity contribution in [3.05, 3.63) is 59.9 Å². The van der Waals surface area contributed by atoms with Gasteiger partial charge < -0.3 is 11.2 Å². The molecule has 8 heteroatoms. The summed E-state index contributed by atoms with van der Waals surface area (Å²) in [5.41, 5.74) is 2.32. The van der Waals surface area contributed by atoms with Crippen LogP contribution in [0, 0.1) is 12.7 Å². The summed E-state index contributed by atoms with van der Waals surface area (Å²) in [6.07, 6.45) is 0. The van der Waals surface area contributed by atoms with Crippen molar-refractivity contribution in [3.63, 3.8) is 0 Å². The van der Waals surface area contributed by atoms with E-state index in [1.54, 1.807) is 6.07 Å². The fraction of sp³-hybridized carbons (Fsp3) is 0.118. The predicted octanol–water partition coefficient (Wildman–Crippen LogP) is 2.84. The number of carbonyl (C=O) groups excluding carboxylic acids is 1. The summed E-state index contributed by atoms with van der Waals surface area (Å²) in [5.74, 6) is 5.98. The molecule has 0 atom stereocenters. The van der Waals surface area contributed by atoms with E-state index in [1.807, 2.05) is 31.2 Å². The molecule has 0 aliphatic rings. The van der Waals surface area contributed by atoms with Crippen LogP contribution in [0.4, 0.5) is 10.1 Å². The molecule has 3 N–H and O–H groups in total. The van der Waals surface area contributed by atoms with E-state index in [4.69, 9.17) is 5.84 Å². The third-order valence-electron chi connectivity index (χ3n) is 3.49. The number of anilines is 1. The Morgan fingerprint density at radius 1 is 1.24 bits per heavy atom. The molecule has 0 radical (unpaired) electrons. The quantitative estimate of drug-likeness (QED) is 0.542. The fourth-order valence-electron chi connectivity index (χ4n) is 2.28. The minimum atomic E-state index is -0.407. The fourth-order valence-corrected chi connectivity index (χ4v) is 2.93. The highest BCUT2D eigenvalue weighted by Gasteiger charge is 2.15. The second-order valence-electron chi connectivity index (χ2n) is 5.34. The molecule has 0 unspecified atom stereocenters. The molecule has 1 heterocycles. The van der Waals surface area contributed by atoms with E-state index in [0.717, 1.165) is 22.9 Å². The highest BCUT2D eigenvalue weighted by Crippen LogP contribution is 2.24. The Morgan fingerprint density at radius 2 is 2.04 bits per heavy atom. The number of hydrogen-bond donors (Lipinski definition) is 2. The average molecular weight is 357 g/mol. The summed E-state index contributed by atoms with van der Waals surface area (Å²) >= 11 is 1.16. The van der Waals surface area contributed by atoms with E-state index in [9.17, 15) is 9.18 Å². The first-order valence-electron chi connectivity index (χ1n) is 7.49. The lowest BCUT2D eigenvalue weighted by Gasteiger charge is -2.06. The normalized spacial score (nSPS) is 10.6. The Bertz CT molecular complexity index is 912.